The molecule has 0 saturated carbocycles. The number of carboxylic acid groups (broad SMARTS) is 1. The van der Waals surface area contributed by atoms with Gasteiger partial charge in [-0.2, -0.15) is 0 Å². The molecule has 1 aromatic carbocycles. The maximum absolute atomic E-state index is 11.4. The molecule has 30 heavy (non-hydrogen) atoms. The van der Waals surface area contributed by atoms with E-state index in [2.05, 4.69) is 15.3 Å². The first-order chi connectivity index (χ1) is 14.4. The number of hydrogen-bond acceptors (Lipinski definition) is 8. The van der Waals surface area contributed by atoms with Gasteiger partial charge in [-0.05, 0) is 44.7 Å². The second kappa shape index (κ2) is 7.91. The summed E-state index contributed by atoms with van der Waals surface area (Å²) in [6.45, 7) is 3.86. The second-order valence-corrected chi connectivity index (χ2v) is 8.68. The summed E-state index contributed by atoms with van der Waals surface area (Å²) >= 11 is 1.53. The number of carbonyl (C=O) groups is 1. The fraction of sp³-hybridized carbons (Fsp3) is 0.333. The molecule has 0 bridgehead atoms. The number of thiophene rings is 1. The number of nitrogens with one attached hydrogen (secondary N) is 2. The largest absolute Gasteiger partial charge is 0.489 e. The molecule has 1 aliphatic rings. The molecular weight excluding hydrogens is 402 g/mol. The number of nitrogens with zero attached hydrogens (tertiary/aromatic N) is 2. The van der Waals surface area contributed by atoms with Crippen molar-refractivity contribution < 1.29 is 14.6 Å². The molecule has 0 aliphatic heterocycles. The third-order valence-electron chi connectivity index (χ3n) is 5.15. The molecule has 5 N–H and O–H groups in total. The van der Waals surface area contributed by atoms with Crippen LogP contribution < -0.4 is 15.8 Å². The summed E-state index contributed by atoms with van der Waals surface area (Å²) in [4.78, 5) is 22.2. The van der Waals surface area contributed by atoms with Crippen molar-refractivity contribution in [2.24, 2.45) is 5.92 Å². The van der Waals surface area contributed by atoms with Crippen molar-refractivity contribution in [2.75, 3.05) is 11.1 Å². The Morgan fingerprint density at radius 3 is 2.93 bits per heavy atom. The van der Waals surface area contributed by atoms with Crippen LogP contribution >= 0.6 is 11.3 Å². The molecule has 9 heteroatoms. The molecule has 1 aliphatic carbocycles. The summed E-state index contributed by atoms with van der Waals surface area (Å²) in [7, 11) is 0. The van der Waals surface area contributed by atoms with Crippen LogP contribution in [0.25, 0.3) is 10.2 Å². The Hall–Kier alpha value is -3.20. The number of nitrogens with two attached hydrogens (primary N) is 1. The predicted octanol–water partition coefficient (Wildman–Crippen LogP) is 3.99. The van der Waals surface area contributed by atoms with E-state index >= 15 is 0 Å². The van der Waals surface area contributed by atoms with Crippen LogP contribution in [0.15, 0.2) is 18.5 Å². The van der Waals surface area contributed by atoms with Crippen molar-refractivity contribution in [1.82, 2.24) is 9.97 Å². The first-order valence-corrected chi connectivity index (χ1v) is 10.5. The fourth-order valence-electron chi connectivity index (χ4n) is 3.73. The van der Waals surface area contributed by atoms with E-state index in [1.807, 2.05) is 13.8 Å². The van der Waals surface area contributed by atoms with Crippen LogP contribution in [0.1, 0.15) is 36.3 Å². The number of aromatic nitrogens is 2. The van der Waals surface area contributed by atoms with Gasteiger partial charge in [0.15, 0.2) is 0 Å². The van der Waals surface area contributed by atoms with E-state index in [0.29, 0.717) is 47.8 Å². The number of ether oxygens (including phenoxy) is 1. The lowest BCUT2D eigenvalue weighted by molar-refractivity contribution is -0.142. The van der Waals surface area contributed by atoms with Gasteiger partial charge in [-0.25, -0.2) is 9.97 Å². The number of aryl methyl sites for hydroxylation is 1. The predicted molar refractivity (Wildman–Crippen MR) is 118 cm³/mol. The van der Waals surface area contributed by atoms with Gasteiger partial charge in [0.2, 0.25) is 0 Å². The zero-order valence-corrected chi connectivity index (χ0v) is 17.5. The molecule has 156 valence electrons. The fourth-order valence-corrected chi connectivity index (χ4v) is 5.00. The standard InChI is InChI=1S/C21H23N5O3S/c1-10(2)29-16-7-14(23)12(8-22)5-15(16)26-19-18-13-4-3-11(21(27)28)6-17(13)30-20(18)25-9-24-19/h5,7-11,22H,3-4,6,23H2,1-2H3,(H,27,28)(H,24,25,26)/t11-/m0/s1. The van der Waals surface area contributed by atoms with Crippen molar-refractivity contribution in [3.8, 4) is 5.75 Å². The Morgan fingerprint density at radius 2 is 2.23 bits per heavy atom. The number of benzene rings is 1. The van der Waals surface area contributed by atoms with Crippen molar-refractivity contribution in [3.63, 3.8) is 0 Å². The zero-order chi connectivity index (χ0) is 21.4. The number of hydrogen-bond donors (Lipinski definition) is 4. The third kappa shape index (κ3) is 3.68. The molecule has 0 spiro atoms. The molecule has 2 aromatic heterocycles. The summed E-state index contributed by atoms with van der Waals surface area (Å²) in [5.41, 5.74) is 8.86. The maximum atomic E-state index is 11.4. The highest BCUT2D eigenvalue weighted by Gasteiger charge is 2.29. The SMILES string of the molecule is CC(C)Oc1cc(N)c(C=N)cc1Nc1ncnc2sc3c(c12)CC[C@H](C(=O)O)C3. The highest BCUT2D eigenvalue weighted by atomic mass is 32.1. The molecular formula is C21H23N5O3S. The number of aliphatic carboxylic acids is 1. The van der Waals surface area contributed by atoms with Crippen LogP contribution in [0, 0.1) is 11.3 Å². The monoisotopic (exact) mass is 425 g/mol. The minimum atomic E-state index is -0.751. The topological polar surface area (TPSA) is 134 Å². The Labute approximate surface area is 177 Å². The Morgan fingerprint density at radius 1 is 1.43 bits per heavy atom. The Balaban J connectivity index is 1.78. The number of rotatable bonds is 6. The summed E-state index contributed by atoms with van der Waals surface area (Å²) in [6.07, 6.45) is 4.45. The van der Waals surface area contributed by atoms with Gasteiger partial charge in [-0.3, -0.25) is 4.79 Å². The number of fused-ring (bicyclic) bond motifs is 3. The summed E-state index contributed by atoms with van der Waals surface area (Å²) in [6, 6.07) is 3.48. The average Bonchev–Trinajstić information content (AvgIpc) is 3.08. The van der Waals surface area contributed by atoms with Crippen LogP contribution in [0.3, 0.4) is 0 Å². The van der Waals surface area contributed by atoms with E-state index in [4.69, 9.17) is 15.9 Å². The molecule has 3 aromatic rings. The van der Waals surface area contributed by atoms with Gasteiger partial charge in [0.05, 0.1) is 23.1 Å². The van der Waals surface area contributed by atoms with E-state index in [9.17, 15) is 9.90 Å². The van der Waals surface area contributed by atoms with Crippen molar-refractivity contribution in [1.29, 1.82) is 5.41 Å². The molecule has 0 fully saturated rings. The molecule has 0 unspecified atom stereocenters. The maximum Gasteiger partial charge on any atom is 0.306 e. The number of anilines is 3. The summed E-state index contributed by atoms with van der Waals surface area (Å²) in [5.74, 6) is 0.114. The normalized spacial score (nSPS) is 15.8. The lowest BCUT2D eigenvalue weighted by atomic mass is 9.88. The molecule has 0 amide bonds. The quantitative estimate of drug-likeness (QED) is 0.346. The van der Waals surface area contributed by atoms with Crippen LogP contribution in [0.2, 0.25) is 0 Å². The highest BCUT2D eigenvalue weighted by Crippen LogP contribution is 2.41. The lowest BCUT2D eigenvalue weighted by Crippen LogP contribution is -2.21. The molecule has 8 nitrogen and oxygen atoms in total. The summed E-state index contributed by atoms with van der Waals surface area (Å²) < 4.78 is 5.92. The second-order valence-electron chi connectivity index (χ2n) is 7.60. The molecule has 2 heterocycles. The minimum absolute atomic E-state index is 0.0527. The smallest absolute Gasteiger partial charge is 0.306 e. The van der Waals surface area contributed by atoms with Gasteiger partial charge < -0.3 is 26.3 Å². The van der Waals surface area contributed by atoms with Crippen LogP contribution in [0.5, 0.6) is 5.75 Å². The van der Waals surface area contributed by atoms with Crippen molar-refractivity contribution in [3.05, 3.63) is 34.5 Å². The highest BCUT2D eigenvalue weighted by molar-refractivity contribution is 7.19. The third-order valence-corrected chi connectivity index (χ3v) is 6.31. The van der Waals surface area contributed by atoms with Gasteiger partial charge in [-0.1, -0.05) is 0 Å². The molecule has 4 rings (SSSR count). The van der Waals surface area contributed by atoms with E-state index in [-0.39, 0.29) is 12.0 Å². The van der Waals surface area contributed by atoms with Gasteiger partial charge in [-0.15, -0.1) is 11.3 Å². The number of carboxylic acids is 1. The van der Waals surface area contributed by atoms with Crippen molar-refractivity contribution >= 4 is 50.9 Å². The van der Waals surface area contributed by atoms with Crippen LogP contribution in [-0.2, 0) is 17.6 Å². The molecule has 1 atom stereocenters. The Kier molecular flexibility index (Phi) is 5.29. The zero-order valence-electron chi connectivity index (χ0n) is 16.7. The molecule has 0 radical (unpaired) electrons. The van der Waals surface area contributed by atoms with Gasteiger partial charge >= 0.3 is 5.97 Å². The Bertz CT molecular complexity index is 1140. The van der Waals surface area contributed by atoms with E-state index < -0.39 is 5.97 Å². The molecule has 0 saturated heterocycles. The van der Waals surface area contributed by atoms with Gasteiger partial charge in [0.1, 0.15) is 22.7 Å². The first-order valence-electron chi connectivity index (χ1n) is 9.73. The van der Waals surface area contributed by atoms with Gasteiger partial charge in [0, 0.05) is 28.4 Å². The van der Waals surface area contributed by atoms with E-state index in [1.165, 1.54) is 23.9 Å². The number of nitrogen functional groups attached to an aromatic ring is 1. The van der Waals surface area contributed by atoms with Crippen LogP contribution in [-0.4, -0.2) is 33.4 Å². The average molecular weight is 426 g/mol. The van der Waals surface area contributed by atoms with E-state index in [1.54, 1.807) is 12.1 Å². The summed E-state index contributed by atoms with van der Waals surface area (Å²) in [5, 5.41) is 21.3. The van der Waals surface area contributed by atoms with Crippen LogP contribution in [0.4, 0.5) is 17.2 Å². The van der Waals surface area contributed by atoms with E-state index in [0.717, 1.165) is 20.7 Å². The van der Waals surface area contributed by atoms with Crippen molar-refractivity contribution in [2.45, 2.75) is 39.2 Å². The first kappa shape index (κ1) is 20.1. The van der Waals surface area contributed by atoms with Gasteiger partial charge in [0.25, 0.3) is 0 Å². The lowest BCUT2D eigenvalue weighted by Gasteiger charge is -2.19. The minimum Gasteiger partial charge on any atom is -0.489 e.